The summed E-state index contributed by atoms with van der Waals surface area (Å²) >= 11 is 0. The second-order valence-corrected chi connectivity index (χ2v) is 5.02. The average molecular weight is 287 g/mol. The summed E-state index contributed by atoms with van der Waals surface area (Å²) in [7, 11) is 0. The molecule has 0 fully saturated rings. The topological polar surface area (TPSA) is 67.3 Å². The SMILES string of the molecule is Cc1cccc(C)c1OCC(O)CNCc1ccncn1. The Kier molecular flexibility index (Phi) is 5.66. The Bertz CT molecular complexity index is 540. The fourth-order valence-corrected chi connectivity index (χ4v) is 2.05. The smallest absolute Gasteiger partial charge is 0.125 e. The minimum Gasteiger partial charge on any atom is -0.490 e. The van der Waals surface area contributed by atoms with Crippen molar-refractivity contribution in [2.45, 2.75) is 26.5 Å². The molecule has 1 unspecified atom stereocenters. The maximum atomic E-state index is 9.95. The van der Waals surface area contributed by atoms with Gasteiger partial charge in [-0.3, -0.25) is 0 Å². The lowest BCUT2D eigenvalue weighted by atomic mass is 10.1. The van der Waals surface area contributed by atoms with Gasteiger partial charge in [-0.1, -0.05) is 18.2 Å². The maximum Gasteiger partial charge on any atom is 0.125 e. The lowest BCUT2D eigenvalue weighted by Crippen LogP contribution is -2.31. The number of hydrogen-bond donors (Lipinski definition) is 2. The number of aryl methyl sites for hydroxylation is 2. The van der Waals surface area contributed by atoms with Crippen molar-refractivity contribution in [1.29, 1.82) is 0 Å². The van der Waals surface area contributed by atoms with Crippen molar-refractivity contribution in [3.63, 3.8) is 0 Å². The van der Waals surface area contributed by atoms with Crippen molar-refractivity contribution in [2.24, 2.45) is 0 Å². The van der Waals surface area contributed by atoms with Crippen LogP contribution < -0.4 is 10.1 Å². The molecule has 0 amide bonds. The van der Waals surface area contributed by atoms with Crippen molar-refractivity contribution in [3.05, 3.63) is 53.6 Å². The molecule has 1 aromatic heterocycles. The lowest BCUT2D eigenvalue weighted by Gasteiger charge is -2.16. The molecule has 1 heterocycles. The number of rotatable bonds is 7. The monoisotopic (exact) mass is 287 g/mol. The highest BCUT2D eigenvalue weighted by Crippen LogP contribution is 2.22. The third-order valence-electron chi connectivity index (χ3n) is 3.16. The molecule has 21 heavy (non-hydrogen) atoms. The van der Waals surface area contributed by atoms with Crippen LogP contribution in [0.15, 0.2) is 36.8 Å². The highest BCUT2D eigenvalue weighted by atomic mass is 16.5. The van der Waals surface area contributed by atoms with Crippen LogP contribution in [0.3, 0.4) is 0 Å². The highest BCUT2D eigenvalue weighted by Gasteiger charge is 2.08. The van der Waals surface area contributed by atoms with E-state index in [1.165, 1.54) is 6.33 Å². The Balaban J connectivity index is 1.74. The first kappa shape index (κ1) is 15.4. The fraction of sp³-hybridized carbons (Fsp3) is 0.375. The fourth-order valence-electron chi connectivity index (χ4n) is 2.05. The van der Waals surface area contributed by atoms with Crippen molar-refractivity contribution in [3.8, 4) is 5.75 Å². The van der Waals surface area contributed by atoms with Crippen LogP contribution >= 0.6 is 0 Å². The third-order valence-corrected chi connectivity index (χ3v) is 3.16. The molecule has 0 saturated heterocycles. The summed E-state index contributed by atoms with van der Waals surface area (Å²) in [5, 5.41) is 13.1. The zero-order valence-corrected chi connectivity index (χ0v) is 12.4. The van der Waals surface area contributed by atoms with Gasteiger partial charge < -0.3 is 15.2 Å². The number of aliphatic hydroxyl groups is 1. The van der Waals surface area contributed by atoms with E-state index in [9.17, 15) is 5.11 Å². The van der Waals surface area contributed by atoms with Crippen LogP contribution in [0.4, 0.5) is 0 Å². The normalized spacial score (nSPS) is 12.1. The molecule has 0 spiro atoms. The van der Waals surface area contributed by atoms with E-state index in [4.69, 9.17) is 4.74 Å². The molecule has 5 heteroatoms. The molecule has 0 bridgehead atoms. The molecular formula is C16H21N3O2. The standard InChI is InChI=1S/C16H21N3O2/c1-12-4-3-5-13(2)16(12)21-10-15(20)9-18-8-14-6-7-17-11-19-14/h3-7,11,15,18,20H,8-10H2,1-2H3. The van der Waals surface area contributed by atoms with Crippen molar-refractivity contribution in [2.75, 3.05) is 13.2 Å². The zero-order chi connectivity index (χ0) is 15.1. The molecule has 0 radical (unpaired) electrons. The van der Waals surface area contributed by atoms with Gasteiger partial charge in [-0.05, 0) is 31.0 Å². The molecule has 112 valence electrons. The predicted octanol–water partition coefficient (Wildman–Crippen LogP) is 1.62. The molecule has 2 rings (SSSR count). The molecule has 5 nitrogen and oxygen atoms in total. The van der Waals surface area contributed by atoms with Crippen molar-refractivity contribution >= 4 is 0 Å². The minimum atomic E-state index is -0.564. The van der Waals surface area contributed by atoms with Gasteiger partial charge >= 0.3 is 0 Å². The first-order valence-corrected chi connectivity index (χ1v) is 6.99. The number of nitrogens with zero attached hydrogens (tertiary/aromatic N) is 2. The van der Waals surface area contributed by atoms with Crippen LogP contribution in [0.5, 0.6) is 5.75 Å². The van der Waals surface area contributed by atoms with E-state index >= 15 is 0 Å². The van der Waals surface area contributed by atoms with Gasteiger partial charge in [0.2, 0.25) is 0 Å². The van der Waals surface area contributed by atoms with Crippen LogP contribution in [-0.4, -0.2) is 34.3 Å². The Morgan fingerprint density at radius 1 is 1.24 bits per heavy atom. The van der Waals surface area contributed by atoms with E-state index in [0.717, 1.165) is 22.6 Å². The molecule has 0 aliphatic heterocycles. The number of aromatic nitrogens is 2. The van der Waals surface area contributed by atoms with Gasteiger partial charge in [-0.25, -0.2) is 9.97 Å². The Morgan fingerprint density at radius 2 is 2.00 bits per heavy atom. The number of nitrogens with one attached hydrogen (secondary N) is 1. The number of para-hydroxylation sites is 1. The second-order valence-electron chi connectivity index (χ2n) is 5.02. The first-order valence-electron chi connectivity index (χ1n) is 6.99. The van der Waals surface area contributed by atoms with E-state index in [-0.39, 0.29) is 6.61 Å². The second kappa shape index (κ2) is 7.71. The molecule has 0 saturated carbocycles. The Morgan fingerprint density at radius 3 is 2.67 bits per heavy atom. The van der Waals surface area contributed by atoms with Crippen LogP contribution in [0.25, 0.3) is 0 Å². The van der Waals surface area contributed by atoms with E-state index in [2.05, 4.69) is 15.3 Å². The molecule has 1 atom stereocenters. The summed E-state index contributed by atoms with van der Waals surface area (Å²) in [5.41, 5.74) is 3.06. The van der Waals surface area contributed by atoms with E-state index in [1.807, 2.05) is 38.1 Å². The van der Waals surface area contributed by atoms with Crippen LogP contribution in [-0.2, 0) is 6.54 Å². The molecule has 0 aliphatic rings. The summed E-state index contributed by atoms with van der Waals surface area (Å²) < 4.78 is 5.72. The highest BCUT2D eigenvalue weighted by molar-refractivity contribution is 5.39. The van der Waals surface area contributed by atoms with E-state index in [0.29, 0.717) is 13.1 Å². The van der Waals surface area contributed by atoms with Crippen LogP contribution in [0.1, 0.15) is 16.8 Å². The van der Waals surface area contributed by atoms with Crippen LogP contribution in [0.2, 0.25) is 0 Å². The summed E-state index contributed by atoms with van der Waals surface area (Å²) in [6, 6.07) is 7.84. The van der Waals surface area contributed by atoms with Gasteiger partial charge in [-0.2, -0.15) is 0 Å². The largest absolute Gasteiger partial charge is 0.490 e. The summed E-state index contributed by atoms with van der Waals surface area (Å²) in [6.45, 7) is 5.32. The third kappa shape index (κ3) is 4.81. The average Bonchev–Trinajstić information content (AvgIpc) is 2.48. The van der Waals surface area contributed by atoms with Crippen molar-refractivity contribution < 1.29 is 9.84 Å². The zero-order valence-electron chi connectivity index (χ0n) is 12.4. The maximum absolute atomic E-state index is 9.95. The molecule has 2 aromatic rings. The number of aliphatic hydroxyl groups excluding tert-OH is 1. The van der Waals surface area contributed by atoms with Crippen molar-refractivity contribution in [1.82, 2.24) is 15.3 Å². The molecule has 1 aromatic carbocycles. The first-order chi connectivity index (χ1) is 10.2. The van der Waals surface area contributed by atoms with Gasteiger partial charge in [0.15, 0.2) is 0 Å². The Hall–Kier alpha value is -1.98. The van der Waals surface area contributed by atoms with Gasteiger partial charge in [0.25, 0.3) is 0 Å². The molecule has 2 N–H and O–H groups in total. The Labute approximate surface area is 125 Å². The van der Waals surface area contributed by atoms with E-state index < -0.39 is 6.10 Å². The van der Waals surface area contributed by atoms with Gasteiger partial charge in [0, 0.05) is 19.3 Å². The van der Waals surface area contributed by atoms with Gasteiger partial charge in [0.1, 0.15) is 24.8 Å². The summed E-state index contributed by atoms with van der Waals surface area (Å²) in [5.74, 6) is 0.854. The van der Waals surface area contributed by atoms with Crippen LogP contribution in [0, 0.1) is 13.8 Å². The number of benzene rings is 1. The van der Waals surface area contributed by atoms with E-state index in [1.54, 1.807) is 6.20 Å². The van der Waals surface area contributed by atoms with Gasteiger partial charge in [-0.15, -0.1) is 0 Å². The predicted molar refractivity (Wildman–Crippen MR) is 81.2 cm³/mol. The molecule has 0 aliphatic carbocycles. The molecular weight excluding hydrogens is 266 g/mol. The lowest BCUT2D eigenvalue weighted by molar-refractivity contribution is 0.105. The quantitative estimate of drug-likeness (QED) is 0.810. The summed E-state index contributed by atoms with van der Waals surface area (Å²) in [4.78, 5) is 7.97. The summed E-state index contributed by atoms with van der Waals surface area (Å²) in [6.07, 6.45) is 2.65. The minimum absolute atomic E-state index is 0.266. The number of hydrogen-bond acceptors (Lipinski definition) is 5. The number of ether oxygens (including phenoxy) is 1. The van der Waals surface area contributed by atoms with Gasteiger partial charge in [0.05, 0.1) is 5.69 Å².